The molecular weight excluding hydrogens is 258 g/mol. The first kappa shape index (κ1) is 8.67. The van der Waals surface area contributed by atoms with Crippen molar-refractivity contribution in [1.29, 1.82) is 0 Å². The Labute approximate surface area is 92.5 Å². The lowest BCUT2D eigenvalue weighted by Gasteiger charge is -1.90. The number of nitrogens with zero attached hydrogens (tertiary/aromatic N) is 1. The topological polar surface area (TPSA) is 61.5 Å². The summed E-state index contributed by atoms with van der Waals surface area (Å²) in [7, 11) is 0. The van der Waals surface area contributed by atoms with Gasteiger partial charge in [-0.05, 0) is 18.2 Å². The number of H-pyrrole nitrogens is 2. The predicted molar refractivity (Wildman–Crippen MR) is 61.9 cm³/mol. The molecule has 0 aliphatic heterocycles. The molecule has 0 fully saturated rings. The number of halogens is 1. The molecule has 0 spiro atoms. The van der Waals surface area contributed by atoms with Gasteiger partial charge in [0, 0.05) is 15.4 Å². The van der Waals surface area contributed by atoms with Crippen LogP contribution in [0.25, 0.3) is 21.9 Å². The van der Waals surface area contributed by atoms with Crippen molar-refractivity contribution in [2.24, 2.45) is 0 Å². The van der Waals surface area contributed by atoms with Gasteiger partial charge < -0.3 is 9.97 Å². The summed E-state index contributed by atoms with van der Waals surface area (Å²) in [5.74, 6) is 0. The molecule has 0 atom stereocenters. The van der Waals surface area contributed by atoms with Gasteiger partial charge in [-0.2, -0.15) is 0 Å². The van der Waals surface area contributed by atoms with E-state index in [0.717, 1.165) is 15.4 Å². The predicted octanol–water partition coefficient (Wildman–Crippen LogP) is 2.17. The number of benzene rings is 1. The standard InChI is InChI=1S/C10H6BrN3O/c11-5-1-2-6-7(3-5)14-9-8(6)12-4-13-10(9)15/h1-4,14H,(H,12,13,15). The number of rotatable bonds is 0. The summed E-state index contributed by atoms with van der Waals surface area (Å²) in [4.78, 5) is 21.2. The Kier molecular flexibility index (Phi) is 1.70. The quantitative estimate of drug-likeness (QED) is 0.653. The SMILES string of the molecule is O=c1[nH]cnc2c1[nH]c1cc(Br)ccc12. The van der Waals surface area contributed by atoms with Gasteiger partial charge >= 0.3 is 0 Å². The van der Waals surface area contributed by atoms with E-state index in [-0.39, 0.29) is 5.56 Å². The largest absolute Gasteiger partial charge is 0.349 e. The molecule has 0 radical (unpaired) electrons. The molecule has 2 heterocycles. The molecule has 15 heavy (non-hydrogen) atoms. The first-order chi connectivity index (χ1) is 7.25. The highest BCUT2D eigenvalue weighted by Gasteiger charge is 2.07. The minimum Gasteiger partial charge on any atom is -0.349 e. The number of fused-ring (bicyclic) bond motifs is 3. The Morgan fingerprint density at radius 1 is 1.33 bits per heavy atom. The third-order valence-corrected chi connectivity index (χ3v) is 2.84. The van der Waals surface area contributed by atoms with Gasteiger partial charge in [-0.1, -0.05) is 15.9 Å². The van der Waals surface area contributed by atoms with E-state index in [1.54, 1.807) is 0 Å². The van der Waals surface area contributed by atoms with Gasteiger partial charge in [-0.15, -0.1) is 0 Å². The summed E-state index contributed by atoms with van der Waals surface area (Å²) in [5.41, 5.74) is 1.99. The molecule has 5 heteroatoms. The zero-order valence-electron chi connectivity index (χ0n) is 7.54. The minimum atomic E-state index is -0.146. The maximum atomic E-state index is 11.5. The molecule has 0 aliphatic rings. The van der Waals surface area contributed by atoms with Gasteiger partial charge in [-0.25, -0.2) is 4.98 Å². The fraction of sp³-hybridized carbons (Fsp3) is 0. The lowest BCUT2D eigenvalue weighted by atomic mass is 10.2. The summed E-state index contributed by atoms with van der Waals surface area (Å²) < 4.78 is 0.970. The number of nitrogens with one attached hydrogen (secondary N) is 2. The third-order valence-electron chi connectivity index (χ3n) is 2.35. The van der Waals surface area contributed by atoms with Gasteiger partial charge in [0.15, 0.2) is 0 Å². The average Bonchev–Trinajstić information content (AvgIpc) is 2.57. The van der Waals surface area contributed by atoms with Crippen molar-refractivity contribution in [1.82, 2.24) is 15.0 Å². The van der Waals surface area contributed by atoms with E-state index in [2.05, 4.69) is 30.9 Å². The van der Waals surface area contributed by atoms with Crippen LogP contribution < -0.4 is 5.56 Å². The van der Waals surface area contributed by atoms with Crippen molar-refractivity contribution in [3.63, 3.8) is 0 Å². The van der Waals surface area contributed by atoms with Crippen molar-refractivity contribution in [3.05, 3.63) is 39.4 Å². The zero-order valence-corrected chi connectivity index (χ0v) is 9.13. The Hall–Kier alpha value is -1.62. The van der Waals surface area contributed by atoms with E-state index >= 15 is 0 Å². The van der Waals surface area contributed by atoms with E-state index in [1.165, 1.54) is 6.33 Å². The molecule has 0 amide bonds. The highest BCUT2D eigenvalue weighted by molar-refractivity contribution is 9.10. The molecule has 3 aromatic rings. The third kappa shape index (κ3) is 1.20. The Morgan fingerprint density at radius 3 is 3.07 bits per heavy atom. The molecule has 2 aromatic heterocycles. The van der Waals surface area contributed by atoms with Crippen LogP contribution >= 0.6 is 15.9 Å². The summed E-state index contributed by atoms with van der Waals surface area (Å²) >= 11 is 3.38. The molecule has 0 aliphatic carbocycles. The van der Waals surface area contributed by atoms with Gasteiger partial charge in [0.05, 0.1) is 6.33 Å². The number of hydrogen-bond acceptors (Lipinski definition) is 2. The van der Waals surface area contributed by atoms with E-state index in [4.69, 9.17) is 0 Å². The van der Waals surface area contributed by atoms with E-state index < -0.39 is 0 Å². The molecule has 1 aromatic carbocycles. The highest BCUT2D eigenvalue weighted by atomic mass is 79.9. The maximum Gasteiger partial charge on any atom is 0.275 e. The monoisotopic (exact) mass is 263 g/mol. The lowest BCUT2D eigenvalue weighted by Crippen LogP contribution is -2.05. The van der Waals surface area contributed by atoms with Crippen molar-refractivity contribution in [2.75, 3.05) is 0 Å². The number of hydrogen-bond donors (Lipinski definition) is 2. The normalized spacial score (nSPS) is 11.3. The van der Waals surface area contributed by atoms with Gasteiger partial charge in [0.2, 0.25) is 0 Å². The number of aromatic amines is 2. The summed E-state index contributed by atoms with van der Waals surface area (Å²) in [6.45, 7) is 0. The van der Waals surface area contributed by atoms with Crippen LogP contribution in [0.5, 0.6) is 0 Å². The fourth-order valence-corrected chi connectivity index (χ4v) is 2.04. The van der Waals surface area contributed by atoms with Crippen molar-refractivity contribution < 1.29 is 0 Å². The van der Waals surface area contributed by atoms with Crippen LogP contribution in [0.3, 0.4) is 0 Å². The van der Waals surface area contributed by atoms with Crippen LogP contribution in [-0.2, 0) is 0 Å². The molecule has 2 N–H and O–H groups in total. The van der Waals surface area contributed by atoms with E-state index in [1.807, 2.05) is 18.2 Å². The average molecular weight is 264 g/mol. The van der Waals surface area contributed by atoms with E-state index in [9.17, 15) is 4.79 Å². The van der Waals surface area contributed by atoms with Crippen LogP contribution in [-0.4, -0.2) is 15.0 Å². The van der Waals surface area contributed by atoms with Crippen molar-refractivity contribution >= 4 is 37.9 Å². The van der Waals surface area contributed by atoms with Crippen LogP contribution in [0.4, 0.5) is 0 Å². The molecule has 0 saturated heterocycles. The summed E-state index contributed by atoms with van der Waals surface area (Å²) in [6, 6.07) is 5.79. The van der Waals surface area contributed by atoms with Crippen molar-refractivity contribution in [2.45, 2.75) is 0 Å². The second kappa shape index (κ2) is 2.93. The minimum absolute atomic E-state index is 0.146. The van der Waals surface area contributed by atoms with Crippen LogP contribution in [0.2, 0.25) is 0 Å². The fourth-order valence-electron chi connectivity index (χ4n) is 1.68. The Morgan fingerprint density at radius 2 is 2.20 bits per heavy atom. The van der Waals surface area contributed by atoms with Crippen LogP contribution in [0.15, 0.2) is 33.8 Å². The summed E-state index contributed by atoms with van der Waals surface area (Å²) in [5, 5.41) is 0.958. The number of aromatic nitrogens is 3. The molecular formula is C10H6BrN3O. The Balaban J connectivity index is 2.63. The highest BCUT2D eigenvalue weighted by Crippen LogP contribution is 2.23. The molecule has 0 unspecified atom stereocenters. The second-order valence-electron chi connectivity index (χ2n) is 3.27. The van der Waals surface area contributed by atoms with Crippen LogP contribution in [0, 0.1) is 0 Å². The first-order valence-corrected chi connectivity index (χ1v) is 5.19. The molecule has 3 rings (SSSR count). The van der Waals surface area contributed by atoms with Gasteiger partial charge in [-0.3, -0.25) is 4.79 Å². The molecule has 74 valence electrons. The Bertz CT molecular complexity index is 713. The smallest absolute Gasteiger partial charge is 0.275 e. The zero-order chi connectivity index (χ0) is 10.4. The first-order valence-electron chi connectivity index (χ1n) is 4.40. The second-order valence-corrected chi connectivity index (χ2v) is 4.19. The maximum absolute atomic E-state index is 11.5. The summed E-state index contributed by atoms with van der Waals surface area (Å²) in [6.07, 6.45) is 1.42. The van der Waals surface area contributed by atoms with E-state index in [0.29, 0.717) is 11.0 Å². The molecule has 4 nitrogen and oxygen atoms in total. The lowest BCUT2D eigenvalue weighted by molar-refractivity contribution is 1.17. The molecule has 0 bridgehead atoms. The van der Waals surface area contributed by atoms with Crippen molar-refractivity contribution in [3.8, 4) is 0 Å². The molecule has 0 saturated carbocycles. The van der Waals surface area contributed by atoms with Crippen LogP contribution in [0.1, 0.15) is 0 Å². The van der Waals surface area contributed by atoms with Gasteiger partial charge in [0.1, 0.15) is 11.0 Å². The van der Waals surface area contributed by atoms with Gasteiger partial charge in [0.25, 0.3) is 5.56 Å².